The van der Waals surface area contributed by atoms with Crippen LogP contribution in [-0.4, -0.2) is 27.3 Å². The Morgan fingerprint density at radius 1 is 1.27 bits per heavy atom. The molecular formula is C16H22ClN3S2. The summed E-state index contributed by atoms with van der Waals surface area (Å²) in [6, 6.07) is 6.76. The topological polar surface area (TPSA) is 30.7 Å². The van der Waals surface area contributed by atoms with Gasteiger partial charge in [0.1, 0.15) is 6.33 Å². The fraction of sp³-hybridized carbons (Fsp3) is 0.500. The van der Waals surface area contributed by atoms with Crippen LogP contribution in [0.4, 0.5) is 0 Å². The first kappa shape index (κ1) is 17.7. The summed E-state index contributed by atoms with van der Waals surface area (Å²) in [6.07, 6.45) is 9.31. The predicted octanol–water partition coefficient (Wildman–Crippen LogP) is 5.35. The van der Waals surface area contributed by atoms with Crippen LogP contribution in [0, 0.1) is 0 Å². The maximum atomic E-state index is 6.11. The van der Waals surface area contributed by atoms with Gasteiger partial charge in [-0.05, 0) is 48.2 Å². The zero-order valence-electron chi connectivity index (χ0n) is 13.3. The Balaban J connectivity index is 2.30. The summed E-state index contributed by atoms with van der Waals surface area (Å²) >= 11 is 9.70. The molecule has 0 spiro atoms. The highest BCUT2D eigenvalue weighted by atomic mass is 35.5. The van der Waals surface area contributed by atoms with Gasteiger partial charge in [0.05, 0.1) is 6.54 Å². The van der Waals surface area contributed by atoms with Gasteiger partial charge in [0.15, 0.2) is 0 Å². The maximum absolute atomic E-state index is 6.11. The molecule has 0 aliphatic carbocycles. The van der Waals surface area contributed by atoms with Gasteiger partial charge in [0, 0.05) is 15.7 Å². The SMILES string of the molecule is CCCCC(Cn1ncnc1Cl)c1ccc(SC)cc1SC. The third-order valence-corrected chi connectivity index (χ3v) is 5.56. The van der Waals surface area contributed by atoms with Crippen molar-refractivity contribution < 1.29 is 0 Å². The van der Waals surface area contributed by atoms with Gasteiger partial charge in [0.2, 0.25) is 5.28 Å². The summed E-state index contributed by atoms with van der Waals surface area (Å²) in [7, 11) is 0. The number of thioether (sulfide) groups is 2. The van der Waals surface area contributed by atoms with E-state index in [1.54, 1.807) is 16.4 Å². The van der Waals surface area contributed by atoms with Crippen LogP contribution in [0.15, 0.2) is 34.3 Å². The lowest BCUT2D eigenvalue weighted by Gasteiger charge is -2.20. The Morgan fingerprint density at radius 3 is 2.68 bits per heavy atom. The van der Waals surface area contributed by atoms with Crippen molar-refractivity contribution in [1.82, 2.24) is 14.8 Å². The van der Waals surface area contributed by atoms with Gasteiger partial charge in [-0.15, -0.1) is 23.5 Å². The van der Waals surface area contributed by atoms with Gasteiger partial charge in [0.25, 0.3) is 0 Å². The van der Waals surface area contributed by atoms with Crippen LogP contribution in [0.25, 0.3) is 0 Å². The zero-order valence-corrected chi connectivity index (χ0v) is 15.6. The zero-order chi connectivity index (χ0) is 15.9. The van der Waals surface area contributed by atoms with Crippen LogP contribution >= 0.6 is 35.1 Å². The fourth-order valence-electron chi connectivity index (χ4n) is 2.53. The van der Waals surface area contributed by atoms with Crippen molar-refractivity contribution in [2.75, 3.05) is 12.5 Å². The quantitative estimate of drug-likeness (QED) is 0.597. The predicted molar refractivity (Wildman–Crippen MR) is 97.3 cm³/mol. The molecule has 0 fully saturated rings. The molecule has 0 saturated carbocycles. The van der Waals surface area contributed by atoms with E-state index in [1.807, 2.05) is 11.8 Å². The first-order valence-corrected chi connectivity index (χ1v) is 10.3. The summed E-state index contributed by atoms with van der Waals surface area (Å²) < 4.78 is 1.80. The Kier molecular flexibility index (Phi) is 7.12. The largest absolute Gasteiger partial charge is 0.236 e. The van der Waals surface area contributed by atoms with Gasteiger partial charge in [-0.25, -0.2) is 9.67 Å². The molecule has 0 aliphatic heterocycles. The van der Waals surface area contributed by atoms with Crippen molar-refractivity contribution in [3.8, 4) is 0 Å². The standard InChI is InChI=1S/C16H22ClN3S2/c1-4-5-6-12(10-20-16(17)18-11-19-20)14-8-7-13(21-2)9-15(14)22-3/h7-9,11-12H,4-6,10H2,1-3H3. The Bertz CT molecular complexity index is 601. The first-order chi connectivity index (χ1) is 10.7. The summed E-state index contributed by atoms with van der Waals surface area (Å²) in [5.41, 5.74) is 1.39. The van der Waals surface area contributed by atoms with Crippen LogP contribution in [0.5, 0.6) is 0 Å². The molecule has 2 aromatic rings. The molecule has 22 heavy (non-hydrogen) atoms. The second kappa shape index (κ2) is 8.85. The van der Waals surface area contributed by atoms with E-state index in [9.17, 15) is 0 Å². The maximum Gasteiger partial charge on any atom is 0.220 e. The molecule has 1 atom stereocenters. The minimum Gasteiger partial charge on any atom is -0.236 e. The van der Waals surface area contributed by atoms with E-state index >= 15 is 0 Å². The number of unbranched alkanes of at least 4 members (excludes halogenated alkanes) is 1. The Hall–Kier alpha value is -0.650. The van der Waals surface area contributed by atoms with E-state index in [4.69, 9.17) is 11.6 Å². The summed E-state index contributed by atoms with van der Waals surface area (Å²) in [5.74, 6) is 0.414. The van der Waals surface area contributed by atoms with E-state index in [0.717, 1.165) is 13.0 Å². The van der Waals surface area contributed by atoms with Gasteiger partial charge in [-0.3, -0.25) is 0 Å². The van der Waals surface area contributed by atoms with Crippen LogP contribution in [0.2, 0.25) is 5.28 Å². The molecule has 0 aliphatic rings. The van der Waals surface area contributed by atoms with E-state index in [2.05, 4.69) is 47.7 Å². The van der Waals surface area contributed by atoms with Crippen molar-refractivity contribution in [1.29, 1.82) is 0 Å². The second-order valence-corrected chi connectivity index (χ2v) is 7.22. The normalized spacial score (nSPS) is 12.5. The monoisotopic (exact) mass is 355 g/mol. The van der Waals surface area contributed by atoms with Gasteiger partial charge < -0.3 is 0 Å². The van der Waals surface area contributed by atoms with Gasteiger partial charge in [-0.1, -0.05) is 25.8 Å². The average molecular weight is 356 g/mol. The number of rotatable bonds is 8. The number of hydrogen-bond acceptors (Lipinski definition) is 4. The molecule has 0 bridgehead atoms. The van der Waals surface area contributed by atoms with Crippen LogP contribution in [0.1, 0.15) is 37.7 Å². The lowest BCUT2D eigenvalue weighted by atomic mass is 9.93. The molecule has 1 unspecified atom stereocenters. The third kappa shape index (κ3) is 4.43. The molecule has 1 aromatic heterocycles. The van der Waals surface area contributed by atoms with Crippen molar-refractivity contribution >= 4 is 35.1 Å². The summed E-state index contributed by atoms with van der Waals surface area (Å²) in [6.45, 7) is 3.01. The lowest BCUT2D eigenvalue weighted by molar-refractivity contribution is 0.470. The molecule has 6 heteroatoms. The first-order valence-electron chi connectivity index (χ1n) is 7.44. The summed E-state index contributed by atoms with van der Waals surface area (Å²) in [4.78, 5) is 6.68. The average Bonchev–Trinajstić information content (AvgIpc) is 2.95. The Morgan fingerprint density at radius 2 is 2.09 bits per heavy atom. The molecule has 3 nitrogen and oxygen atoms in total. The number of benzene rings is 1. The van der Waals surface area contributed by atoms with Crippen LogP contribution < -0.4 is 0 Å². The van der Waals surface area contributed by atoms with Gasteiger partial charge in [-0.2, -0.15) is 5.10 Å². The fourth-order valence-corrected chi connectivity index (χ4v) is 3.92. The van der Waals surface area contributed by atoms with E-state index in [1.165, 1.54) is 34.5 Å². The minimum absolute atomic E-state index is 0.414. The highest BCUT2D eigenvalue weighted by molar-refractivity contribution is 7.99. The molecule has 1 aromatic carbocycles. The Labute approximate surface area is 146 Å². The van der Waals surface area contributed by atoms with Crippen molar-refractivity contribution in [3.05, 3.63) is 35.4 Å². The molecule has 0 saturated heterocycles. The molecule has 0 amide bonds. The number of hydrogen-bond donors (Lipinski definition) is 0. The van der Waals surface area contributed by atoms with E-state index < -0.39 is 0 Å². The molecular weight excluding hydrogens is 334 g/mol. The molecule has 120 valence electrons. The lowest BCUT2D eigenvalue weighted by Crippen LogP contribution is -2.12. The molecule has 0 radical (unpaired) electrons. The van der Waals surface area contributed by atoms with Crippen LogP contribution in [0.3, 0.4) is 0 Å². The second-order valence-electron chi connectivity index (χ2n) is 5.16. The van der Waals surface area contributed by atoms with Gasteiger partial charge >= 0.3 is 0 Å². The van der Waals surface area contributed by atoms with Crippen molar-refractivity contribution in [2.45, 2.75) is 48.4 Å². The minimum atomic E-state index is 0.414. The third-order valence-electron chi connectivity index (χ3n) is 3.75. The summed E-state index contributed by atoms with van der Waals surface area (Å²) in [5, 5.41) is 4.71. The molecule has 2 rings (SSSR count). The van der Waals surface area contributed by atoms with Crippen LogP contribution in [-0.2, 0) is 6.54 Å². The molecule has 0 N–H and O–H groups in total. The van der Waals surface area contributed by atoms with E-state index in [0.29, 0.717) is 11.2 Å². The molecule has 1 heterocycles. The number of halogens is 1. The highest BCUT2D eigenvalue weighted by Gasteiger charge is 2.18. The number of nitrogens with zero attached hydrogens (tertiary/aromatic N) is 3. The number of aromatic nitrogens is 3. The van der Waals surface area contributed by atoms with Crippen molar-refractivity contribution in [3.63, 3.8) is 0 Å². The van der Waals surface area contributed by atoms with E-state index in [-0.39, 0.29) is 0 Å². The van der Waals surface area contributed by atoms with Crippen molar-refractivity contribution in [2.24, 2.45) is 0 Å². The highest BCUT2D eigenvalue weighted by Crippen LogP contribution is 2.34. The smallest absolute Gasteiger partial charge is 0.220 e.